The molecular weight excluding hydrogens is 630 g/mol. The number of amides is 2. The predicted molar refractivity (Wildman–Crippen MR) is 178 cm³/mol. The number of halogens is 3. The fourth-order valence-corrected chi connectivity index (χ4v) is 7.85. The van der Waals surface area contributed by atoms with Crippen molar-refractivity contribution in [3.63, 3.8) is 0 Å². The number of benzene rings is 2. The topological polar surface area (TPSA) is 123 Å². The van der Waals surface area contributed by atoms with E-state index in [0.717, 1.165) is 6.42 Å². The molecule has 0 radical (unpaired) electrons. The van der Waals surface area contributed by atoms with Crippen LogP contribution in [0.1, 0.15) is 90.2 Å². The highest BCUT2D eigenvalue weighted by Crippen LogP contribution is 2.57. The summed E-state index contributed by atoms with van der Waals surface area (Å²) >= 11 is 12.6. The van der Waals surface area contributed by atoms with Crippen LogP contribution in [0.3, 0.4) is 0 Å². The predicted octanol–water partition coefficient (Wildman–Crippen LogP) is 6.23. The van der Waals surface area contributed by atoms with Crippen LogP contribution in [0.5, 0.6) is 0 Å². The van der Waals surface area contributed by atoms with Gasteiger partial charge in [0, 0.05) is 28.7 Å². The van der Waals surface area contributed by atoms with Crippen molar-refractivity contribution in [3.05, 3.63) is 63.4 Å². The minimum Gasteiger partial charge on any atom is -0.461 e. The van der Waals surface area contributed by atoms with Crippen molar-refractivity contribution < 1.29 is 23.5 Å². The number of carbonyl (C=O) groups excluding carboxylic acids is 3. The van der Waals surface area contributed by atoms with Crippen molar-refractivity contribution in [2.24, 2.45) is 17.1 Å². The van der Waals surface area contributed by atoms with E-state index in [1.165, 1.54) is 6.07 Å². The number of carbonyl (C=O) groups is 3. The molecule has 1 aliphatic carbocycles. The fraction of sp³-hybridized carbons (Fsp3) is 0.571. The molecule has 11 heteroatoms. The second kappa shape index (κ2) is 13.4. The molecule has 0 aromatic heterocycles. The zero-order valence-electron chi connectivity index (χ0n) is 27.1. The van der Waals surface area contributed by atoms with Crippen molar-refractivity contribution in [2.75, 3.05) is 5.32 Å². The van der Waals surface area contributed by atoms with Crippen LogP contribution in [0.4, 0.5) is 10.1 Å². The second-order valence-electron chi connectivity index (χ2n) is 14.4. The van der Waals surface area contributed by atoms with Crippen LogP contribution in [0.15, 0.2) is 36.4 Å². The van der Waals surface area contributed by atoms with Gasteiger partial charge in [-0.3, -0.25) is 14.4 Å². The molecule has 2 aliphatic heterocycles. The van der Waals surface area contributed by atoms with Gasteiger partial charge in [0.2, 0.25) is 11.8 Å². The van der Waals surface area contributed by atoms with Gasteiger partial charge in [0.15, 0.2) is 0 Å². The van der Waals surface area contributed by atoms with Gasteiger partial charge < -0.3 is 26.4 Å². The monoisotopic (exact) mass is 674 g/mol. The Morgan fingerprint density at radius 1 is 1.15 bits per heavy atom. The first-order valence-corrected chi connectivity index (χ1v) is 17.0. The van der Waals surface area contributed by atoms with Gasteiger partial charge in [-0.1, -0.05) is 82.4 Å². The number of ether oxygens (including phenoxy) is 1. The summed E-state index contributed by atoms with van der Waals surface area (Å²) in [4.78, 5) is 41.1. The summed E-state index contributed by atoms with van der Waals surface area (Å²) in [7, 11) is 0. The van der Waals surface area contributed by atoms with Crippen molar-refractivity contribution >= 4 is 46.7 Å². The molecule has 250 valence electrons. The molecule has 2 fully saturated rings. The van der Waals surface area contributed by atoms with E-state index in [9.17, 15) is 14.4 Å². The summed E-state index contributed by atoms with van der Waals surface area (Å²) in [6, 6.07) is 7.62. The normalized spacial score (nSPS) is 28.8. The standard InChI is InChI=1S/C35H45Cl2FN4O4/c1-6-18(2)29(39)32(44)46-21-13-11-20(12-14-21)40-31(43)30-27(22-8-7-9-24(37)28(22)38)35(26(42-30)17-34(3,4)5)23-15-10-19(36)16-25(23)41-33(35)45/h7-10,15-16,18,20-21,26-27,29-30,42H,6,11-14,17,39H2,1-5H3,(H,40,43)(H,41,45)/t18-,20?,21?,26+,27-,29?,30+,35-/m0/s1. The van der Waals surface area contributed by atoms with Gasteiger partial charge >= 0.3 is 5.97 Å². The lowest BCUT2D eigenvalue weighted by molar-refractivity contribution is -0.153. The maximum Gasteiger partial charge on any atom is 0.323 e. The first-order valence-electron chi connectivity index (χ1n) is 16.2. The number of nitrogens with two attached hydrogens (primary N) is 1. The van der Waals surface area contributed by atoms with Gasteiger partial charge in [-0.15, -0.1) is 0 Å². The van der Waals surface area contributed by atoms with Gasteiger partial charge in [-0.05, 0) is 72.8 Å². The van der Waals surface area contributed by atoms with Crippen molar-refractivity contribution in [1.82, 2.24) is 10.6 Å². The summed E-state index contributed by atoms with van der Waals surface area (Å²) in [5.41, 5.74) is 5.92. The third-order valence-electron chi connectivity index (χ3n) is 10.1. The van der Waals surface area contributed by atoms with Crippen LogP contribution in [-0.2, 0) is 24.5 Å². The average molecular weight is 676 g/mol. The Bertz CT molecular complexity index is 1490. The van der Waals surface area contributed by atoms with Gasteiger partial charge in [0.1, 0.15) is 23.4 Å². The molecule has 5 N–H and O–H groups in total. The lowest BCUT2D eigenvalue weighted by Crippen LogP contribution is -2.50. The number of nitrogens with one attached hydrogen (secondary N) is 3. The molecule has 1 spiro atoms. The molecule has 1 saturated heterocycles. The molecule has 3 aliphatic rings. The maximum absolute atomic E-state index is 16.0. The lowest BCUT2D eigenvalue weighted by atomic mass is 9.62. The van der Waals surface area contributed by atoms with Gasteiger partial charge in [0.25, 0.3) is 0 Å². The Morgan fingerprint density at radius 3 is 2.50 bits per heavy atom. The SMILES string of the molecule is CC[C@H](C)C(N)C(=O)OC1CCC(NC(=O)[C@@H]2N[C@H](CC(C)(C)C)[C@]3(C(=O)Nc4cc(Cl)ccc43)[C@H]2c2cccc(Cl)c2F)CC1. The van der Waals surface area contributed by atoms with E-state index in [2.05, 4.69) is 36.7 Å². The summed E-state index contributed by atoms with van der Waals surface area (Å²) in [5.74, 6) is -2.58. The minimum absolute atomic E-state index is 0.0237. The molecule has 1 unspecified atom stereocenters. The quantitative estimate of drug-likeness (QED) is 0.246. The molecule has 5 rings (SSSR count). The Hall–Kier alpha value is -2.72. The van der Waals surface area contributed by atoms with E-state index in [-0.39, 0.29) is 45.9 Å². The number of anilines is 1. The third kappa shape index (κ3) is 6.53. The molecule has 6 atom stereocenters. The average Bonchev–Trinajstić information content (AvgIpc) is 3.47. The lowest BCUT2D eigenvalue weighted by Gasteiger charge is -2.38. The zero-order chi connectivity index (χ0) is 33.6. The van der Waals surface area contributed by atoms with Gasteiger partial charge in [-0.2, -0.15) is 0 Å². The van der Waals surface area contributed by atoms with E-state index >= 15 is 4.39 Å². The van der Waals surface area contributed by atoms with Gasteiger partial charge in [-0.25, -0.2) is 4.39 Å². The van der Waals surface area contributed by atoms with E-state index in [1.54, 1.807) is 30.3 Å². The first kappa shape index (κ1) is 34.6. The number of hydrogen-bond acceptors (Lipinski definition) is 6. The maximum atomic E-state index is 16.0. The van der Waals surface area contributed by atoms with Crippen molar-refractivity contribution in [1.29, 1.82) is 0 Å². The Morgan fingerprint density at radius 2 is 1.85 bits per heavy atom. The Labute approximate surface area is 280 Å². The molecule has 1 saturated carbocycles. The molecule has 2 aromatic carbocycles. The van der Waals surface area contributed by atoms with Crippen molar-refractivity contribution in [2.45, 2.75) is 115 Å². The zero-order valence-corrected chi connectivity index (χ0v) is 28.6. The van der Waals surface area contributed by atoms with Crippen LogP contribution < -0.4 is 21.7 Å². The fourth-order valence-electron chi connectivity index (χ4n) is 7.50. The largest absolute Gasteiger partial charge is 0.461 e. The molecule has 2 heterocycles. The molecular formula is C35H45Cl2FN4O4. The molecule has 2 amide bonds. The molecule has 46 heavy (non-hydrogen) atoms. The third-order valence-corrected chi connectivity index (χ3v) is 10.6. The van der Waals surface area contributed by atoms with Gasteiger partial charge in [0.05, 0.1) is 11.1 Å². The summed E-state index contributed by atoms with van der Waals surface area (Å²) < 4.78 is 21.7. The summed E-state index contributed by atoms with van der Waals surface area (Å²) in [6.45, 7) is 10.1. The van der Waals surface area contributed by atoms with E-state index in [4.69, 9.17) is 33.7 Å². The van der Waals surface area contributed by atoms with Crippen LogP contribution in [0.25, 0.3) is 0 Å². The highest BCUT2D eigenvalue weighted by molar-refractivity contribution is 6.31. The van der Waals surface area contributed by atoms with Crippen molar-refractivity contribution in [3.8, 4) is 0 Å². The van der Waals surface area contributed by atoms with Crippen LogP contribution >= 0.6 is 23.2 Å². The molecule has 8 nitrogen and oxygen atoms in total. The summed E-state index contributed by atoms with van der Waals surface area (Å²) in [5, 5.41) is 10.1. The van der Waals surface area contributed by atoms with E-state index < -0.39 is 41.2 Å². The van der Waals surface area contributed by atoms with E-state index in [1.807, 2.05) is 13.8 Å². The number of hydrogen-bond donors (Lipinski definition) is 4. The minimum atomic E-state index is -1.32. The van der Waals surface area contributed by atoms with E-state index in [0.29, 0.717) is 48.4 Å². The highest BCUT2D eigenvalue weighted by atomic mass is 35.5. The number of fused-ring (bicyclic) bond motifs is 2. The summed E-state index contributed by atoms with van der Waals surface area (Å²) in [6.07, 6.45) is 3.41. The van der Waals surface area contributed by atoms with Crippen LogP contribution in [0, 0.1) is 17.2 Å². The smallest absolute Gasteiger partial charge is 0.323 e. The number of esters is 1. The van der Waals surface area contributed by atoms with Crippen LogP contribution in [0.2, 0.25) is 10.0 Å². The first-order chi connectivity index (χ1) is 21.7. The molecule has 0 bridgehead atoms. The van der Waals surface area contributed by atoms with Crippen LogP contribution in [-0.4, -0.2) is 48.1 Å². The highest BCUT2D eigenvalue weighted by Gasteiger charge is 2.66. The second-order valence-corrected chi connectivity index (χ2v) is 15.3. The number of rotatable bonds is 8. The molecule has 2 aromatic rings. The Balaban J connectivity index is 1.45. The Kier molecular flexibility index (Phi) is 10.1.